The monoisotopic (exact) mass is 309 g/mol. The van der Waals surface area contributed by atoms with Crippen LogP contribution in [-0.2, 0) is 13.1 Å². The summed E-state index contributed by atoms with van der Waals surface area (Å²) < 4.78 is 0. The molecule has 1 heterocycles. The van der Waals surface area contributed by atoms with E-state index in [0.717, 1.165) is 23.8 Å². The molecule has 2 aromatic rings. The number of aromatic nitrogens is 1. The van der Waals surface area contributed by atoms with Crippen LogP contribution in [0.25, 0.3) is 0 Å². The van der Waals surface area contributed by atoms with Crippen molar-refractivity contribution in [3.05, 3.63) is 45.4 Å². The van der Waals surface area contributed by atoms with E-state index in [1.807, 2.05) is 17.6 Å². The maximum Gasteiger partial charge on any atom is 0.0795 e. The van der Waals surface area contributed by atoms with Crippen LogP contribution in [0.1, 0.15) is 25.1 Å². The standard InChI is InChI=1S/C15H20ClN3S/c1-11(2)17-7-12-6-13(16)4-5-15(12)19(3)8-14-9-20-10-18-14/h4-6,9-11,17H,7-8H2,1-3H3. The zero-order valence-electron chi connectivity index (χ0n) is 12.1. The zero-order valence-corrected chi connectivity index (χ0v) is 13.6. The van der Waals surface area contributed by atoms with Gasteiger partial charge < -0.3 is 10.2 Å². The van der Waals surface area contributed by atoms with Gasteiger partial charge >= 0.3 is 0 Å². The molecule has 0 aliphatic rings. The quantitative estimate of drug-likeness (QED) is 0.876. The molecule has 5 heteroatoms. The Hall–Kier alpha value is -1.10. The van der Waals surface area contributed by atoms with Crippen LogP contribution in [0.3, 0.4) is 0 Å². The number of rotatable bonds is 6. The minimum absolute atomic E-state index is 0.450. The van der Waals surface area contributed by atoms with Gasteiger partial charge in [-0.15, -0.1) is 11.3 Å². The average molecular weight is 310 g/mol. The highest BCUT2D eigenvalue weighted by atomic mass is 35.5. The van der Waals surface area contributed by atoms with E-state index in [2.05, 4.69) is 47.5 Å². The molecule has 0 amide bonds. The van der Waals surface area contributed by atoms with E-state index in [1.165, 1.54) is 11.3 Å². The van der Waals surface area contributed by atoms with Gasteiger partial charge in [-0.3, -0.25) is 0 Å². The highest BCUT2D eigenvalue weighted by Crippen LogP contribution is 2.25. The minimum Gasteiger partial charge on any atom is -0.368 e. The Bertz CT molecular complexity index is 540. The summed E-state index contributed by atoms with van der Waals surface area (Å²) >= 11 is 7.75. The third-order valence-electron chi connectivity index (χ3n) is 3.04. The van der Waals surface area contributed by atoms with Gasteiger partial charge in [0.05, 0.1) is 17.7 Å². The molecule has 1 aromatic heterocycles. The molecule has 20 heavy (non-hydrogen) atoms. The highest BCUT2D eigenvalue weighted by molar-refractivity contribution is 7.07. The van der Waals surface area contributed by atoms with E-state index < -0.39 is 0 Å². The number of hydrogen-bond donors (Lipinski definition) is 1. The Balaban J connectivity index is 2.16. The molecule has 3 nitrogen and oxygen atoms in total. The summed E-state index contributed by atoms with van der Waals surface area (Å²) in [7, 11) is 2.08. The first-order valence-corrected chi connectivity index (χ1v) is 7.98. The number of nitrogens with zero attached hydrogens (tertiary/aromatic N) is 2. The number of nitrogens with one attached hydrogen (secondary N) is 1. The van der Waals surface area contributed by atoms with E-state index in [-0.39, 0.29) is 0 Å². The largest absolute Gasteiger partial charge is 0.368 e. The van der Waals surface area contributed by atoms with Gasteiger partial charge in [-0.05, 0) is 23.8 Å². The van der Waals surface area contributed by atoms with Crippen molar-refractivity contribution in [3.63, 3.8) is 0 Å². The maximum atomic E-state index is 6.12. The number of hydrogen-bond acceptors (Lipinski definition) is 4. The van der Waals surface area contributed by atoms with Crippen LogP contribution in [0.5, 0.6) is 0 Å². The third-order valence-corrected chi connectivity index (χ3v) is 3.91. The molecular weight excluding hydrogens is 290 g/mol. The van der Waals surface area contributed by atoms with E-state index >= 15 is 0 Å². The van der Waals surface area contributed by atoms with Gasteiger partial charge in [-0.25, -0.2) is 4.98 Å². The smallest absolute Gasteiger partial charge is 0.0795 e. The first-order valence-electron chi connectivity index (χ1n) is 6.66. The number of benzene rings is 1. The minimum atomic E-state index is 0.450. The molecule has 0 aliphatic carbocycles. The molecule has 1 aromatic carbocycles. The predicted octanol–water partition coefficient (Wildman–Crippen LogP) is 3.93. The Morgan fingerprint density at radius 2 is 2.20 bits per heavy atom. The molecule has 0 bridgehead atoms. The maximum absolute atomic E-state index is 6.12. The Kier molecular flexibility index (Phi) is 5.40. The molecule has 2 rings (SSSR count). The van der Waals surface area contributed by atoms with Crippen molar-refractivity contribution in [2.24, 2.45) is 0 Å². The van der Waals surface area contributed by atoms with Gasteiger partial charge in [0.25, 0.3) is 0 Å². The summed E-state index contributed by atoms with van der Waals surface area (Å²) in [6.45, 7) is 5.90. The number of thiazole rings is 1. The van der Waals surface area contributed by atoms with Gasteiger partial charge in [-0.1, -0.05) is 25.4 Å². The Morgan fingerprint density at radius 1 is 1.40 bits per heavy atom. The van der Waals surface area contributed by atoms with E-state index in [0.29, 0.717) is 6.04 Å². The molecular formula is C15H20ClN3S. The van der Waals surface area contributed by atoms with E-state index in [9.17, 15) is 0 Å². The molecule has 108 valence electrons. The van der Waals surface area contributed by atoms with Crippen LogP contribution >= 0.6 is 22.9 Å². The van der Waals surface area contributed by atoms with Crippen LogP contribution in [0.2, 0.25) is 5.02 Å². The fourth-order valence-electron chi connectivity index (χ4n) is 2.03. The van der Waals surface area contributed by atoms with Crippen molar-refractivity contribution in [2.45, 2.75) is 33.0 Å². The van der Waals surface area contributed by atoms with E-state index in [4.69, 9.17) is 11.6 Å². The van der Waals surface area contributed by atoms with Gasteiger partial charge in [0.1, 0.15) is 0 Å². The van der Waals surface area contributed by atoms with Crippen LogP contribution < -0.4 is 10.2 Å². The lowest BCUT2D eigenvalue weighted by Gasteiger charge is -2.22. The summed E-state index contributed by atoms with van der Waals surface area (Å²) in [6, 6.07) is 6.49. The topological polar surface area (TPSA) is 28.2 Å². The average Bonchev–Trinajstić information content (AvgIpc) is 2.89. The normalized spacial score (nSPS) is 11.1. The van der Waals surface area contributed by atoms with Crippen molar-refractivity contribution in [1.29, 1.82) is 0 Å². The van der Waals surface area contributed by atoms with E-state index in [1.54, 1.807) is 11.3 Å². The molecule has 1 N–H and O–H groups in total. The second kappa shape index (κ2) is 7.07. The Labute approximate surface area is 129 Å². The number of halogens is 1. The van der Waals surface area contributed by atoms with Gasteiger partial charge in [0.2, 0.25) is 0 Å². The fraction of sp³-hybridized carbons (Fsp3) is 0.400. The van der Waals surface area contributed by atoms with Crippen LogP contribution in [0.15, 0.2) is 29.1 Å². The molecule has 0 atom stereocenters. The molecule has 0 fully saturated rings. The summed E-state index contributed by atoms with van der Waals surface area (Å²) in [5.74, 6) is 0. The molecule has 0 saturated heterocycles. The first-order chi connectivity index (χ1) is 9.56. The Morgan fingerprint density at radius 3 is 2.85 bits per heavy atom. The summed E-state index contributed by atoms with van der Waals surface area (Å²) in [4.78, 5) is 6.55. The lowest BCUT2D eigenvalue weighted by atomic mass is 10.1. The summed E-state index contributed by atoms with van der Waals surface area (Å²) in [6.07, 6.45) is 0. The van der Waals surface area contributed by atoms with Gasteiger partial charge in [0.15, 0.2) is 0 Å². The second-order valence-corrected chi connectivity index (χ2v) is 6.30. The van der Waals surface area contributed by atoms with Crippen molar-refractivity contribution in [2.75, 3.05) is 11.9 Å². The molecule has 0 radical (unpaired) electrons. The van der Waals surface area contributed by atoms with Crippen LogP contribution in [0, 0.1) is 0 Å². The number of anilines is 1. The van der Waals surface area contributed by atoms with Crippen molar-refractivity contribution in [3.8, 4) is 0 Å². The van der Waals surface area contributed by atoms with Crippen molar-refractivity contribution < 1.29 is 0 Å². The molecule has 0 spiro atoms. The highest BCUT2D eigenvalue weighted by Gasteiger charge is 2.10. The summed E-state index contributed by atoms with van der Waals surface area (Å²) in [5.41, 5.74) is 5.36. The lowest BCUT2D eigenvalue weighted by Crippen LogP contribution is -2.24. The van der Waals surface area contributed by atoms with Gasteiger partial charge in [0, 0.05) is 35.7 Å². The zero-order chi connectivity index (χ0) is 14.5. The second-order valence-electron chi connectivity index (χ2n) is 5.14. The molecule has 0 unspecified atom stereocenters. The van der Waals surface area contributed by atoms with Crippen LogP contribution in [0.4, 0.5) is 5.69 Å². The van der Waals surface area contributed by atoms with Crippen molar-refractivity contribution in [1.82, 2.24) is 10.3 Å². The summed E-state index contributed by atoms with van der Waals surface area (Å²) in [5, 5.41) is 6.30. The molecule has 0 saturated carbocycles. The predicted molar refractivity (Wildman–Crippen MR) is 87.6 cm³/mol. The molecule has 0 aliphatic heterocycles. The first kappa shape index (κ1) is 15.3. The van der Waals surface area contributed by atoms with Crippen molar-refractivity contribution >= 4 is 28.6 Å². The SMILES string of the molecule is CC(C)NCc1cc(Cl)ccc1N(C)Cc1cscn1. The fourth-order valence-corrected chi connectivity index (χ4v) is 2.77. The third kappa shape index (κ3) is 4.20. The van der Waals surface area contributed by atoms with Crippen LogP contribution in [-0.4, -0.2) is 18.1 Å². The van der Waals surface area contributed by atoms with Gasteiger partial charge in [-0.2, -0.15) is 0 Å². The lowest BCUT2D eigenvalue weighted by molar-refractivity contribution is 0.588.